The van der Waals surface area contributed by atoms with Gasteiger partial charge in [0.2, 0.25) is 5.88 Å². The summed E-state index contributed by atoms with van der Waals surface area (Å²) in [6.07, 6.45) is 4.09. The van der Waals surface area contributed by atoms with Gasteiger partial charge in [-0.25, -0.2) is 4.39 Å². The van der Waals surface area contributed by atoms with Crippen LogP contribution in [0.25, 0.3) is 11.7 Å². The van der Waals surface area contributed by atoms with Gasteiger partial charge in [0.1, 0.15) is 34.4 Å². The van der Waals surface area contributed by atoms with E-state index in [1.54, 1.807) is 24.3 Å². The van der Waals surface area contributed by atoms with E-state index in [-0.39, 0.29) is 29.3 Å². The van der Waals surface area contributed by atoms with Crippen LogP contribution in [0, 0.1) is 17.1 Å². The van der Waals surface area contributed by atoms with Crippen molar-refractivity contribution in [2.45, 2.75) is 0 Å². The quantitative estimate of drug-likeness (QED) is 0.397. The van der Waals surface area contributed by atoms with E-state index in [0.717, 1.165) is 6.08 Å². The normalized spacial score (nSPS) is 11.0. The first-order valence-corrected chi connectivity index (χ1v) is 8.49. The number of nitrogens with one attached hydrogen (secondary N) is 1. The van der Waals surface area contributed by atoms with Crippen molar-refractivity contribution < 1.29 is 13.9 Å². The molecule has 3 rings (SSSR count). The van der Waals surface area contributed by atoms with E-state index in [1.165, 1.54) is 40.9 Å². The van der Waals surface area contributed by atoms with Gasteiger partial charge in [0, 0.05) is 12.7 Å². The second kappa shape index (κ2) is 8.63. The van der Waals surface area contributed by atoms with Gasteiger partial charge in [-0.05, 0) is 42.5 Å². The number of hydrogen-bond acceptors (Lipinski definition) is 5. The molecule has 7 nitrogen and oxygen atoms in total. The Morgan fingerprint density at radius 3 is 2.76 bits per heavy atom. The number of pyridine rings is 1. The summed E-state index contributed by atoms with van der Waals surface area (Å²) in [7, 11) is 0. The molecule has 0 radical (unpaired) electrons. The van der Waals surface area contributed by atoms with E-state index in [2.05, 4.69) is 16.9 Å². The molecule has 3 aromatic rings. The Morgan fingerprint density at radius 2 is 2.07 bits per heavy atom. The number of carbonyl (C=O) groups excluding carboxylic acids is 1. The van der Waals surface area contributed by atoms with Crippen molar-refractivity contribution in [3.8, 4) is 17.7 Å². The number of carbonyl (C=O) groups is 1. The van der Waals surface area contributed by atoms with Gasteiger partial charge in [-0.15, -0.1) is 6.58 Å². The Kier molecular flexibility index (Phi) is 5.80. The smallest absolute Gasteiger partial charge is 0.269 e. The Labute approximate surface area is 165 Å². The summed E-state index contributed by atoms with van der Waals surface area (Å²) < 4.78 is 20.1. The maximum absolute atomic E-state index is 13.2. The first kappa shape index (κ1) is 19.5. The maximum atomic E-state index is 13.2. The Hall–Kier alpha value is -4.25. The minimum atomic E-state index is -0.669. The monoisotopic (exact) mass is 390 g/mol. The summed E-state index contributed by atoms with van der Waals surface area (Å²) in [6.45, 7) is 3.65. The van der Waals surface area contributed by atoms with Gasteiger partial charge in [-0.3, -0.25) is 14.0 Å². The van der Waals surface area contributed by atoms with Gasteiger partial charge < -0.3 is 10.1 Å². The molecule has 2 aromatic heterocycles. The summed E-state index contributed by atoms with van der Waals surface area (Å²) >= 11 is 0. The molecule has 2 heterocycles. The number of halogens is 1. The van der Waals surface area contributed by atoms with E-state index < -0.39 is 17.3 Å². The number of rotatable bonds is 6. The van der Waals surface area contributed by atoms with Crippen LogP contribution in [0.3, 0.4) is 0 Å². The van der Waals surface area contributed by atoms with Crippen LogP contribution in [0.15, 0.2) is 71.7 Å². The summed E-state index contributed by atoms with van der Waals surface area (Å²) in [5.41, 5.74) is -0.618. The van der Waals surface area contributed by atoms with Crippen molar-refractivity contribution in [1.82, 2.24) is 14.7 Å². The van der Waals surface area contributed by atoms with Gasteiger partial charge in [-0.2, -0.15) is 10.2 Å². The molecule has 0 unspecified atom stereocenters. The van der Waals surface area contributed by atoms with Gasteiger partial charge in [0.25, 0.3) is 11.5 Å². The topological polar surface area (TPSA) is 96.5 Å². The van der Waals surface area contributed by atoms with Gasteiger partial charge in [0.15, 0.2) is 0 Å². The lowest BCUT2D eigenvalue weighted by atomic mass is 10.1. The van der Waals surface area contributed by atoms with Crippen LogP contribution in [0.2, 0.25) is 0 Å². The molecule has 0 fully saturated rings. The van der Waals surface area contributed by atoms with Crippen LogP contribution in [-0.4, -0.2) is 21.8 Å². The number of benzene rings is 1. The highest BCUT2D eigenvalue weighted by molar-refractivity contribution is 6.02. The largest absolute Gasteiger partial charge is 0.438 e. The summed E-state index contributed by atoms with van der Waals surface area (Å²) in [5.74, 6) is -0.993. The van der Waals surface area contributed by atoms with E-state index >= 15 is 0 Å². The third kappa shape index (κ3) is 4.36. The molecule has 0 bridgehead atoms. The van der Waals surface area contributed by atoms with Crippen molar-refractivity contribution in [1.29, 1.82) is 5.26 Å². The van der Waals surface area contributed by atoms with E-state index in [0.29, 0.717) is 5.65 Å². The van der Waals surface area contributed by atoms with Crippen LogP contribution in [-0.2, 0) is 4.79 Å². The second-order valence-corrected chi connectivity index (χ2v) is 5.79. The molecule has 0 atom stereocenters. The molecule has 0 saturated carbocycles. The zero-order chi connectivity index (χ0) is 20.8. The van der Waals surface area contributed by atoms with Crippen molar-refractivity contribution >= 4 is 17.6 Å². The summed E-state index contributed by atoms with van der Waals surface area (Å²) in [4.78, 5) is 29.4. The van der Waals surface area contributed by atoms with Crippen molar-refractivity contribution in [2.75, 3.05) is 6.54 Å². The predicted octanol–water partition coefficient (Wildman–Crippen LogP) is 2.84. The molecule has 144 valence electrons. The lowest BCUT2D eigenvalue weighted by molar-refractivity contribution is -0.116. The fourth-order valence-corrected chi connectivity index (χ4v) is 2.45. The molecular weight excluding hydrogens is 375 g/mol. The van der Waals surface area contributed by atoms with Gasteiger partial charge >= 0.3 is 0 Å². The highest BCUT2D eigenvalue weighted by Gasteiger charge is 2.17. The first-order valence-electron chi connectivity index (χ1n) is 8.49. The highest BCUT2D eigenvalue weighted by atomic mass is 19.1. The minimum absolute atomic E-state index is 0.0941. The van der Waals surface area contributed by atoms with Crippen LogP contribution in [0.4, 0.5) is 4.39 Å². The second-order valence-electron chi connectivity index (χ2n) is 5.79. The highest BCUT2D eigenvalue weighted by Crippen LogP contribution is 2.24. The lowest BCUT2D eigenvalue weighted by Crippen LogP contribution is -2.25. The lowest BCUT2D eigenvalue weighted by Gasteiger charge is -2.10. The molecule has 0 aliphatic carbocycles. The van der Waals surface area contributed by atoms with E-state index in [1.807, 2.05) is 0 Å². The number of nitriles is 1. The van der Waals surface area contributed by atoms with Gasteiger partial charge in [-0.1, -0.05) is 12.1 Å². The number of hydrogen-bond donors (Lipinski definition) is 1. The molecule has 0 saturated heterocycles. The van der Waals surface area contributed by atoms with Crippen LogP contribution in [0.5, 0.6) is 11.6 Å². The van der Waals surface area contributed by atoms with E-state index in [9.17, 15) is 19.2 Å². The first-order chi connectivity index (χ1) is 14.0. The number of aromatic nitrogens is 2. The third-order valence-corrected chi connectivity index (χ3v) is 3.82. The molecular formula is C21H15FN4O3. The fraction of sp³-hybridized carbons (Fsp3) is 0.0476. The molecule has 0 spiro atoms. The number of ether oxygens (including phenoxy) is 1. The Bertz CT molecular complexity index is 1210. The number of nitrogens with zero attached hydrogens (tertiary/aromatic N) is 3. The van der Waals surface area contributed by atoms with Crippen LogP contribution < -0.4 is 15.6 Å². The standard InChI is InChI=1S/C21H15FN4O3/c1-2-10-24-19(27)14(13-23)12-17-20(29-16-8-6-15(22)7-9-16)25-18-5-3-4-11-26(18)21(17)28/h2-9,11-12H,1,10H2,(H,24,27)/b14-12+. The third-order valence-electron chi connectivity index (χ3n) is 3.82. The zero-order valence-electron chi connectivity index (χ0n) is 15.1. The van der Waals surface area contributed by atoms with Crippen LogP contribution >= 0.6 is 0 Å². The van der Waals surface area contributed by atoms with Crippen molar-refractivity contribution in [3.05, 3.63) is 88.6 Å². The van der Waals surface area contributed by atoms with E-state index in [4.69, 9.17) is 4.74 Å². The molecule has 0 aliphatic heterocycles. The molecule has 8 heteroatoms. The summed E-state index contributed by atoms with van der Waals surface area (Å²) in [5, 5.41) is 11.8. The molecule has 29 heavy (non-hydrogen) atoms. The van der Waals surface area contributed by atoms with Crippen molar-refractivity contribution in [3.63, 3.8) is 0 Å². The molecule has 1 amide bonds. The Balaban J connectivity index is 2.16. The number of fused-ring (bicyclic) bond motifs is 1. The average Bonchev–Trinajstić information content (AvgIpc) is 2.73. The fourth-order valence-electron chi connectivity index (χ4n) is 2.45. The summed E-state index contributed by atoms with van der Waals surface area (Å²) in [6, 6.07) is 11.9. The Morgan fingerprint density at radius 1 is 1.31 bits per heavy atom. The minimum Gasteiger partial charge on any atom is -0.438 e. The molecule has 1 aromatic carbocycles. The predicted molar refractivity (Wildman–Crippen MR) is 105 cm³/mol. The SMILES string of the molecule is C=CCNC(=O)/C(C#N)=C/c1c(Oc2ccc(F)cc2)nc2ccccn2c1=O. The van der Waals surface area contributed by atoms with Crippen molar-refractivity contribution in [2.24, 2.45) is 0 Å². The average molecular weight is 390 g/mol. The molecule has 1 N–H and O–H groups in total. The number of amides is 1. The zero-order valence-corrected chi connectivity index (χ0v) is 15.1. The molecule has 0 aliphatic rings. The van der Waals surface area contributed by atoms with Crippen LogP contribution in [0.1, 0.15) is 5.56 Å². The van der Waals surface area contributed by atoms with Gasteiger partial charge in [0.05, 0.1) is 0 Å². The maximum Gasteiger partial charge on any atom is 0.269 e.